The summed E-state index contributed by atoms with van der Waals surface area (Å²) in [6.07, 6.45) is 82.8. The molecule has 0 rings (SSSR count). The summed E-state index contributed by atoms with van der Waals surface area (Å²) in [6, 6.07) is 0. The van der Waals surface area contributed by atoms with E-state index in [4.69, 9.17) is 9.47 Å². The molecule has 71 heavy (non-hydrogen) atoms. The van der Waals surface area contributed by atoms with Gasteiger partial charge in [-0.1, -0.05) is 326 Å². The maximum Gasteiger partial charge on any atom is 0.306 e. The minimum atomic E-state index is -0.767. The molecule has 1 unspecified atom stereocenters. The normalized spacial score (nSPS) is 12.4. The molecule has 0 saturated heterocycles. The smallest absolute Gasteiger partial charge is 0.306 e. The molecular formula is C66H122O5. The molecule has 0 radical (unpaired) electrons. The third-order valence-electron chi connectivity index (χ3n) is 14.4. The molecule has 0 heterocycles. The van der Waals surface area contributed by atoms with Crippen LogP contribution >= 0.6 is 0 Å². The van der Waals surface area contributed by atoms with E-state index in [1.165, 1.54) is 257 Å². The van der Waals surface area contributed by atoms with Crippen molar-refractivity contribution < 1.29 is 24.2 Å². The minimum Gasteiger partial charge on any atom is -0.462 e. The van der Waals surface area contributed by atoms with E-state index in [0.29, 0.717) is 12.8 Å². The first-order valence-corrected chi connectivity index (χ1v) is 31.7. The lowest BCUT2D eigenvalue weighted by atomic mass is 10.0. The molecule has 0 fully saturated rings. The second kappa shape index (κ2) is 62.2. The Morgan fingerprint density at radius 1 is 0.338 bits per heavy atom. The van der Waals surface area contributed by atoms with Crippen molar-refractivity contribution in [2.45, 2.75) is 347 Å². The van der Waals surface area contributed by atoms with Gasteiger partial charge in [0.15, 0.2) is 6.10 Å². The third-order valence-corrected chi connectivity index (χ3v) is 14.4. The molecule has 1 N–H and O–H groups in total. The third kappa shape index (κ3) is 60.3. The highest BCUT2D eigenvalue weighted by Gasteiger charge is 2.16. The Bertz CT molecular complexity index is 1170. The molecule has 0 aliphatic heterocycles. The van der Waals surface area contributed by atoms with Crippen LogP contribution in [0.2, 0.25) is 0 Å². The van der Waals surface area contributed by atoms with Crippen LogP contribution in [0.15, 0.2) is 48.6 Å². The summed E-state index contributed by atoms with van der Waals surface area (Å²) < 4.78 is 10.7. The summed E-state index contributed by atoms with van der Waals surface area (Å²) in [5.41, 5.74) is 0. The van der Waals surface area contributed by atoms with E-state index >= 15 is 0 Å². The van der Waals surface area contributed by atoms with Crippen LogP contribution in [0.25, 0.3) is 0 Å². The lowest BCUT2D eigenvalue weighted by molar-refractivity contribution is -0.161. The van der Waals surface area contributed by atoms with E-state index in [-0.39, 0.29) is 25.2 Å². The molecule has 0 aromatic heterocycles. The van der Waals surface area contributed by atoms with Gasteiger partial charge >= 0.3 is 11.9 Å². The average Bonchev–Trinajstić information content (AvgIpc) is 3.37. The van der Waals surface area contributed by atoms with E-state index in [0.717, 1.165) is 57.8 Å². The van der Waals surface area contributed by atoms with E-state index < -0.39 is 6.10 Å². The van der Waals surface area contributed by atoms with Crippen LogP contribution in [0.3, 0.4) is 0 Å². The van der Waals surface area contributed by atoms with Crippen LogP contribution in [0, 0.1) is 0 Å². The van der Waals surface area contributed by atoms with Gasteiger partial charge in [-0.15, -0.1) is 0 Å². The zero-order valence-corrected chi connectivity index (χ0v) is 47.8. The highest BCUT2D eigenvalue weighted by atomic mass is 16.6. The van der Waals surface area contributed by atoms with Crippen molar-refractivity contribution in [3.8, 4) is 0 Å². The predicted molar refractivity (Wildman–Crippen MR) is 311 cm³/mol. The fourth-order valence-corrected chi connectivity index (χ4v) is 9.67. The van der Waals surface area contributed by atoms with Crippen molar-refractivity contribution in [3.63, 3.8) is 0 Å². The molecule has 0 aliphatic rings. The quantitative estimate of drug-likeness (QED) is 0.0373. The Labute approximate surface area is 443 Å². The van der Waals surface area contributed by atoms with Gasteiger partial charge in [-0.3, -0.25) is 9.59 Å². The van der Waals surface area contributed by atoms with E-state index in [9.17, 15) is 14.7 Å². The number of allylic oxidation sites excluding steroid dienone is 8. The van der Waals surface area contributed by atoms with E-state index in [1.807, 2.05) is 0 Å². The standard InChI is InChI=1S/C66H122O5/c1-3-5-7-9-11-13-15-17-19-21-22-23-24-25-26-27-28-29-30-31-32-33-34-35-36-37-38-39-40-41-42-43-44-45-47-49-51-53-55-57-59-61-66(69)71-64(62-67)63-70-65(68)60-58-56-54-52-50-48-46-20-18-16-14-12-10-8-6-4-2/h5,7,11,13,17,19,22-23,64,67H,3-4,6,8-10,12,14-16,18,20-21,24-63H2,1-2H3/b7-5-,13-11-,19-17-,23-22-. The summed E-state index contributed by atoms with van der Waals surface area (Å²) in [4.78, 5) is 24.5. The van der Waals surface area contributed by atoms with Gasteiger partial charge in [0, 0.05) is 12.8 Å². The van der Waals surface area contributed by atoms with Crippen molar-refractivity contribution in [1.82, 2.24) is 0 Å². The SMILES string of the molecule is CC/C=C\C/C=C\C/C=C\C/C=C\CCCCCCCCCCCCCCCCCCCCCCCCCCCCCCC(=O)OC(CO)COC(=O)CCCCCCCCCCCCCCCCCC. The Kier molecular flexibility index (Phi) is 60.3. The highest BCUT2D eigenvalue weighted by Crippen LogP contribution is 2.18. The number of carbonyl (C=O) groups excluding carboxylic acids is 2. The number of aliphatic hydroxyl groups excluding tert-OH is 1. The monoisotopic (exact) mass is 995 g/mol. The van der Waals surface area contributed by atoms with E-state index in [2.05, 4.69) is 62.5 Å². The first kappa shape index (κ1) is 68.9. The Hall–Kier alpha value is -2.14. The van der Waals surface area contributed by atoms with Crippen LogP contribution in [0.5, 0.6) is 0 Å². The van der Waals surface area contributed by atoms with Gasteiger partial charge in [-0.25, -0.2) is 0 Å². The number of hydrogen-bond acceptors (Lipinski definition) is 5. The molecular weight excluding hydrogens is 873 g/mol. The number of ether oxygens (including phenoxy) is 2. The van der Waals surface area contributed by atoms with Crippen molar-refractivity contribution in [1.29, 1.82) is 0 Å². The number of esters is 2. The lowest BCUT2D eigenvalue weighted by Crippen LogP contribution is -2.28. The topological polar surface area (TPSA) is 72.8 Å². The molecule has 0 aromatic carbocycles. The van der Waals surface area contributed by atoms with Crippen LogP contribution in [0.4, 0.5) is 0 Å². The first-order valence-electron chi connectivity index (χ1n) is 31.7. The molecule has 5 heteroatoms. The molecule has 0 aliphatic carbocycles. The van der Waals surface area contributed by atoms with Crippen LogP contribution in [-0.2, 0) is 19.1 Å². The number of hydrogen-bond donors (Lipinski definition) is 1. The lowest BCUT2D eigenvalue weighted by Gasteiger charge is -2.15. The van der Waals surface area contributed by atoms with Gasteiger partial charge in [0.05, 0.1) is 6.61 Å². The van der Waals surface area contributed by atoms with E-state index in [1.54, 1.807) is 0 Å². The zero-order chi connectivity index (χ0) is 51.3. The van der Waals surface area contributed by atoms with Crippen molar-refractivity contribution in [3.05, 3.63) is 48.6 Å². The van der Waals surface area contributed by atoms with Crippen LogP contribution < -0.4 is 0 Å². The second-order valence-electron chi connectivity index (χ2n) is 21.5. The summed E-state index contributed by atoms with van der Waals surface area (Å²) in [5, 5.41) is 9.65. The molecule has 1 atom stereocenters. The van der Waals surface area contributed by atoms with Gasteiger partial charge in [-0.05, 0) is 51.4 Å². The molecule has 0 amide bonds. The summed E-state index contributed by atoms with van der Waals surface area (Å²) >= 11 is 0. The number of rotatable bonds is 59. The van der Waals surface area contributed by atoms with Gasteiger partial charge in [0.1, 0.15) is 6.61 Å². The molecule has 0 spiro atoms. The van der Waals surface area contributed by atoms with Crippen molar-refractivity contribution >= 4 is 11.9 Å². The number of unbranched alkanes of at least 4 members (excludes halogenated alkanes) is 43. The maximum absolute atomic E-state index is 12.3. The molecule has 0 aromatic rings. The zero-order valence-electron chi connectivity index (χ0n) is 47.8. The number of carbonyl (C=O) groups is 2. The first-order chi connectivity index (χ1) is 35.1. The van der Waals surface area contributed by atoms with Crippen molar-refractivity contribution in [2.24, 2.45) is 0 Å². The maximum atomic E-state index is 12.3. The van der Waals surface area contributed by atoms with Crippen molar-refractivity contribution in [2.75, 3.05) is 13.2 Å². The summed E-state index contributed by atoms with van der Waals surface area (Å²) in [7, 11) is 0. The average molecular weight is 996 g/mol. The van der Waals surface area contributed by atoms with Gasteiger partial charge < -0.3 is 14.6 Å². The molecule has 416 valence electrons. The van der Waals surface area contributed by atoms with Gasteiger partial charge in [0.2, 0.25) is 0 Å². The summed E-state index contributed by atoms with van der Waals surface area (Å²) in [5.74, 6) is -0.568. The minimum absolute atomic E-state index is 0.0584. The van der Waals surface area contributed by atoms with Crippen LogP contribution in [-0.4, -0.2) is 36.4 Å². The fourth-order valence-electron chi connectivity index (χ4n) is 9.67. The molecule has 0 bridgehead atoms. The fraction of sp³-hybridized carbons (Fsp3) is 0.848. The molecule has 0 saturated carbocycles. The van der Waals surface area contributed by atoms with Gasteiger partial charge in [-0.2, -0.15) is 0 Å². The Morgan fingerprint density at radius 2 is 0.606 bits per heavy atom. The Morgan fingerprint density at radius 3 is 0.915 bits per heavy atom. The summed E-state index contributed by atoms with van der Waals surface area (Å²) in [6.45, 7) is 4.07. The molecule has 5 nitrogen and oxygen atoms in total. The van der Waals surface area contributed by atoms with Crippen LogP contribution in [0.1, 0.15) is 341 Å². The highest BCUT2D eigenvalue weighted by molar-refractivity contribution is 5.70. The van der Waals surface area contributed by atoms with Gasteiger partial charge in [0.25, 0.3) is 0 Å². The number of aliphatic hydroxyl groups is 1. The Balaban J connectivity index is 3.35. The predicted octanol–water partition coefficient (Wildman–Crippen LogP) is 21.6. The second-order valence-corrected chi connectivity index (χ2v) is 21.5. The largest absolute Gasteiger partial charge is 0.462 e.